The first-order chi connectivity index (χ1) is 8.54. The van der Waals surface area contributed by atoms with Gasteiger partial charge in [0.15, 0.2) is 0 Å². The summed E-state index contributed by atoms with van der Waals surface area (Å²) in [6.07, 6.45) is -0.595. The summed E-state index contributed by atoms with van der Waals surface area (Å²) in [4.78, 5) is 35.6. The summed E-state index contributed by atoms with van der Waals surface area (Å²) >= 11 is 0. The van der Waals surface area contributed by atoms with Gasteiger partial charge in [-0.3, -0.25) is 19.8 Å². The lowest BCUT2D eigenvalue weighted by Crippen LogP contribution is -2.24. The van der Waals surface area contributed by atoms with Crippen LogP contribution in [0.2, 0.25) is 0 Å². The van der Waals surface area contributed by atoms with Gasteiger partial charge in [0.25, 0.3) is 11.8 Å². The van der Waals surface area contributed by atoms with E-state index in [4.69, 9.17) is 4.74 Å². The highest BCUT2D eigenvalue weighted by Gasteiger charge is 2.32. The minimum absolute atomic E-state index is 0.261. The van der Waals surface area contributed by atoms with Crippen LogP contribution in [0.3, 0.4) is 0 Å². The molecule has 0 saturated carbocycles. The summed E-state index contributed by atoms with van der Waals surface area (Å²) in [6.45, 7) is 1.95. The van der Waals surface area contributed by atoms with Gasteiger partial charge in [-0.25, -0.2) is 4.79 Å². The van der Waals surface area contributed by atoms with Crippen LogP contribution < -0.4 is 5.32 Å². The molecule has 0 spiro atoms. The van der Waals surface area contributed by atoms with Crippen LogP contribution in [0.15, 0.2) is 18.2 Å². The van der Waals surface area contributed by atoms with Crippen molar-refractivity contribution in [2.75, 3.05) is 19.0 Å². The van der Waals surface area contributed by atoms with Crippen molar-refractivity contribution in [3.05, 3.63) is 29.3 Å². The van der Waals surface area contributed by atoms with Crippen LogP contribution in [0.4, 0.5) is 10.5 Å². The van der Waals surface area contributed by atoms with Crippen LogP contribution in [-0.4, -0.2) is 36.5 Å². The molecule has 0 aliphatic carbocycles. The third-order valence-corrected chi connectivity index (χ3v) is 2.61. The van der Waals surface area contributed by atoms with Crippen molar-refractivity contribution in [1.82, 2.24) is 4.90 Å². The molecule has 0 bridgehead atoms. The van der Waals surface area contributed by atoms with Crippen LogP contribution in [0.25, 0.3) is 0 Å². The number of ether oxygens (including phenoxy) is 1. The highest BCUT2D eigenvalue weighted by Crippen LogP contribution is 2.24. The van der Waals surface area contributed by atoms with Crippen molar-refractivity contribution in [2.45, 2.75) is 6.92 Å². The highest BCUT2D eigenvalue weighted by atomic mass is 16.5. The Bertz CT molecular complexity index is 539. The molecule has 0 atom stereocenters. The second kappa shape index (κ2) is 4.48. The summed E-state index contributed by atoms with van der Waals surface area (Å²) in [5, 5.41) is 2.48. The number of nitrogens with one attached hydrogen (secondary N) is 1. The summed E-state index contributed by atoms with van der Waals surface area (Å²) in [5.41, 5.74) is 1.05. The van der Waals surface area contributed by atoms with Gasteiger partial charge in [0, 0.05) is 12.7 Å². The predicted octanol–water partition coefficient (Wildman–Crippen LogP) is 1.48. The zero-order valence-electron chi connectivity index (χ0n) is 10.0. The molecule has 6 nitrogen and oxygen atoms in total. The van der Waals surface area contributed by atoms with Gasteiger partial charge in [-0.1, -0.05) is 0 Å². The van der Waals surface area contributed by atoms with Crippen molar-refractivity contribution < 1.29 is 19.1 Å². The van der Waals surface area contributed by atoms with E-state index in [9.17, 15) is 14.4 Å². The Morgan fingerprint density at radius 1 is 1.28 bits per heavy atom. The number of imide groups is 1. The molecule has 1 heterocycles. The summed E-state index contributed by atoms with van der Waals surface area (Å²) < 4.78 is 4.72. The number of amides is 3. The van der Waals surface area contributed by atoms with Crippen molar-refractivity contribution in [3.8, 4) is 0 Å². The van der Waals surface area contributed by atoms with E-state index in [1.165, 1.54) is 19.2 Å². The van der Waals surface area contributed by atoms with E-state index >= 15 is 0 Å². The lowest BCUT2D eigenvalue weighted by Gasteiger charge is -2.05. The van der Waals surface area contributed by atoms with E-state index in [0.717, 1.165) is 4.90 Å². The molecule has 1 aliphatic heterocycles. The number of nitrogens with zero attached hydrogens (tertiary/aromatic N) is 1. The molecule has 1 N–H and O–H groups in total. The van der Waals surface area contributed by atoms with Crippen LogP contribution in [0.5, 0.6) is 0 Å². The number of fused-ring (bicyclic) bond motifs is 1. The van der Waals surface area contributed by atoms with Gasteiger partial charge >= 0.3 is 6.09 Å². The maximum atomic E-state index is 11.7. The number of hydrogen-bond donors (Lipinski definition) is 1. The molecule has 18 heavy (non-hydrogen) atoms. The standard InChI is InChI=1S/C12H12N2O4/c1-3-18-12(17)13-7-4-5-8-9(6-7)11(16)14(2)10(8)15/h4-6H,3H2,1-2H3,(H,13,17). The van der Waals surface area contributed by atoms with Crippen LogP contribution >= 0.6 is 0 Å². The largest absolute Gasteiger partial charge is 0.450 e. The van der Waals surface area contributed by atoms with Gasteiger partial charge in [-0.15, -0.1) is 0 Å². The van der Waals surface area contributed by atoms with Gasteiger partial charge in [0.1, 0.15) is 0 Å². The SMILES string of the molecule is CCOC(=O)Nc1ccc2c(c1)C(=O)N(C)C2=O. The topological polar surface area (TPSA) is 75.7 Å². The molecule has 0 unspecified atom stereocenters. The molecule has 1 aliphatic rings. The Morgan fingerprint density at radius 3 is 2.61 bits per heavy atom. The predicted molar refractivity (Wildman–Crippen MR) is 63.5 cm³/mol. The first kappa shape index (κ1) is 12.1. The fourth-order valence-corrected chi connectivity index (χ4v) is 1.72. The third-order valence-electron chi connectivity index (χ3n) is 2.61. The fourth-order valence-electron chi connectivity index (χ4n) is 1.72. The number of benzene rings is 1. The van der Waals surface area contributed by atoms with E-state index in [0.29, 0.717) is 11.3 Å². The van der Waals surface area contributed by atoms with E-state index in [1.807, 2.05) is 0 Å². The smallest absolute Gasteiger partial charge is 0.411 e. The minimum Gasteiger partial charge on any atom is -0.450 e. The Kier molecular flexibility index (Phi) is 3.01. The lowest BCUT2D eigenvalue weighted by molar-refractivity contribution is 0.0693. The molecular formula is C12H12N2O4. The highest BCUT2D eigenvalue weighted by molar-refractivity contribution is 6.21. The normalized spacial score (nSPS) is 13.6. The molecule has 0 saturated heterocycles. The maximum Gasteiger partial charge on any atom is 0.411 e. The molecule has 0 radical (unpaired) electrons. The van der Waals surface area contributed by atoms with E-state index < -0.39 is 6.09 Å². The molecule has 0 fully saturated rings. The Hall–Kier alpha value is -2.37. The van der Waals surface area contributed by atoms with Gasteiger partial charge in [-0.05, 0) is 25.1 Å². The fraction of sp³-hybridized carbons (Fsp3) is 0.250. The van der Waals surface area contributed by atoms with Gasteiger partial charge in [0.05, 0.1) is 17.7 Å². The van der Waals surface area contributed by atoms with Crippen molar-refractivity contribution in [1.29, 1.82) is 0 Å². The first-order valence-electron chi connectivity index (χ1n) is 5.44. The second-order valence-corrected chi connectivity index (χ2v) is 3.78. The van der Waals surface area contributed by atoms with Crippen molar-refractivity contribution in [2.24, 2.45) is 0 Å². The van der Waals surface area contributed by atoms with E-state index in [2.05, 4.69) is 5.32 Å². The average Bonchev–Trinajstić information content (AvgIpc) is 2.55. The van der Waals surface area contributed by atoms with Gasteiger partial charge in [0.2, 0.25) is 0 Å². The van der Waals surface area contributed by atoms with Crippen LogP contribution in [0.1, 0.15) is 27.6 Å². The number of anilines is 1. The van der Waals surface area contributed by atoms with Crippen molar-refractivity contribution >= 4 is 23.6 Å². The zero-order valence-corrected chi connectivity index (χ0v) is 10.0. The van der Waals surface area contributed by atoms with Crippen LogP contribution in [-0.2, 0) is 4.74 Å². The Morgan fingerprint density at radius 2 is 1.94 bits per heavy atom. The average molecular weight is 248 g/mol. The van der Waals surface area contributed by atoms with E-state index in [1.54, 1.807) is 13.0 Å². The van der Waals surface area contributed by atoms with Crippen molar-refractivity contribution in [3.63, 3.8) is 0 Å². The van der Waals surface area contributed by atoms with Gasteiger partial charge < -0.3 is 4.74 Å². The Balaban J connectivity index is 2.27. The van der Waals surface area contributed by atoms with E-state index in [-0.39, 0.29) is 24.0 Å². The number of hydrogen-bond acceptors (Lipinski definition) is 4. The molecule has 94 valence electrons. The number of carbonyl (C=O) groups excluding carboxylic acids is 3. The monoisotopic (exact) mass is 248 g/mol. The third kappa shape index (κ3) is 1.92. The minimum atomic E-state index is -0.595. The quantitative estimate of drug-likeness (QED) is 0.804. The Labute approximate surface area is 104 Å². The molecule has 1 aromatic carbocycles. The second-order valence-electron chi connectivity index (χ2n) is 3.78. The molecule has 3 amide bonds. The summed E-state index contributed by atoms with van der Waals surface area (Å²) in [7, 11) is 1.42. The molecule has 6 heteroatoms. The van der Waals surface area contributed by atoms with Gasteiger partial charge in [-0.2, -0.15) is 0 Å². The van der Waals surface area contributed by atoms with Crippen LogP contribution in [0, 0.1) is 0 Å². The molecule has 0 aromatic heterocycles. The maximum absolute atomic E-state index is 11.7. The molecular weight excluding hydrogens is 236 g/mol. The molecule has 1 aromatic rings. The summed E-state index contributed by atoms with van der Waals surface area (Å²) in [5.74, 6) is -0.708. The first-order valence-corrected chi connectivity index (χ1v) is 5.44. The summed E-state index contributed by atoms with van der Waals surface area (Å²) in [6, 6.07) is 4.54. The zero-order chi connectivity index (χ0) is 13.3. The number of carbonyl (C=O) groups is 3. The number of rotatable bonds is 2. The molecule has 2 rings (SSSR count). The lowest BCUT2D eigenvalue weighted by atomic mass is 10.1.